The van der Waals surface area contributed by atoms with Gasteiger partial charge in [-0.25, -0.2) is 4.39 Å². The van der Waals surface area contributed by atoms with Gasteiger partial charge in [0.1, 0.15) is 12.4 Å². The Bertz CT molecular complexity index is 495. The monoisotopic (exact) mass is 279 g/mol. The number of nitrogens with zero attached hydrogens (tertiary/aromatic N) is 1. The second-order valence-corrected chi connectivity index (χ2v) is 5.81. The highest BCUT2D eigenvalue weighted by Gasteiger charge is 2.19. The van der Waals surface area contributed by atoms with Gasteiger partial charge in [-0.05, 0) is 24.6 Å². The lowest BCUT2D eigenvalue weighted by Crippen LogP contribution is -2.39. The van der Waals surface area contributed by atoms with Gasteiger partial charge in [0, 0.05) is 36.2 Å². The summed E-state index contributed by atoms with van der Waals surface area (Å²) >= 11 is 1.98. The highest BCUT2D eigenvalue weighted by molar-refractivity contribution is 7.99. The van der Waals surface area contributed by atoms with Crippen LogP contribution in [0, 0.1) is 17.7 Å². The molecule has 0 radical (unpaired) electrons. The molecule has 1 fully saturated rings. The third-order valence-electron chi connectivity index (χ3n) is 3.25. The minimum atomic E-state index is -0.284. The number of thioether (sulfide) groups is 1. The fourth-order valence-electron chi connectivity index (χ4n) is 2.15. The number of hydrogen-bond acceptors (Lipinski definition) is 3. The Morgan fingerprint density at radius 2 is 2.37 bits per heavy atom. The van der Waals surface area contributed by atoms with Crippen molar-refractivity contribution in [3.63, 3.8) is 0 Å². The van der Waals surface area contributed by atoms with Crippen LogP contribution in [0.3, 0.4) is 0 Å². The van der Waals surface area contributed by atoms with Crippen LogP contribution in [0.4, 0.5) is 4.39 Å². The molecule has 0 aliphatic carbocycles. The molecule has 1 aliphatic rings. The maximum absolute atomic E-state index is 13.3. The van der Waals surface area contributed by atoms with Crippen LogP contribution in [0.15, 0.2) is 18.2 Å². The van der Waals surface area contributed by atoms with Crippen LogP contribution in [-0.4, -0.2) is 40.7 Å². The molecule has 0 saturated carbocycles. The number of benzene rings is 1. The molecule has 1 aromatic rings. The molecule has 1 heterocycles. The van der Waals surface area contributed by atoms with Crippen LogP contribution in [0.25, 0.3) is 0 Å². The van der Waals surface area contributed by atoms with Crippen molar-refractivity contribution in [1.29, 1.82) is 0 Å². The molecule has 1 atom stereocenters. The summed E-state index contributed by atoms with van der Waals surface area (Å²) in [4.78, 5) is 2.40. The topological polar surface area (TPSA) is 23.5 Å². The fourth-order valence-corrected chi connectivity index (χ4v) is 3.24. The van der Waals surface area contributed by atoms with E-state index >= 15 is 0 Å². The van der Waals surface area contributed by atoms with Crippen LogP contribution in [0.5, 0.6) is 0 Å². The fraction of sp³-hybridized carbons (Fsp3) is 0.467. The van der Waals surface area contributed by atoms with Crippen LogP contribution in [0.2, 0.25) is 0 Å². The lowest BCUT2D eigenvalue weighted by atomic mass is 10.1. The summed E-state index contributed by atoms with van der Waals surface area (Å²) in [6.07, 6.45) is 0. The summed E-state index contributed by atoms with van der Waals surface area (Å²) in [5, 5.41) is 8.77. The molecule has 1 aliphatic heterocycles. The largest absolute Gasteiger partial charge is 0.384 e. The molecule has 1 N–H and O–H groups in total. The Morgan fingerprint density at radius 3 is 3.11 bits per heavy atom. The van der Waals surface area contributed by atoms with Gasteiger partial charge >= 0.3 is 0 Å². The average Bonchev–Trinajstić information content (AvgIpc) is 2.41. The average molecular weight is 279 g/mol. The van der Waals surface area contributed by atoms with Gasteiger partial charge in [0.25, 0.3) is 0 Å². The van der Waals surface area contributed by atoms with Crippen molar-refractivity contribution in [3.05, 3.63) is 35.1 Å². The van der Waals surface area contributed by atoms with Crippen molar-refractivity contribution < 1.29 is 9.50 Å². The van der Waals surface area contributed by atoms with Crippen molar-refractivity contribution in [2.24, 2.45) is 0 Å². The van der Waals surface area contributed by atoms with E-state index in [-0.39, 0.29) is 12.4 Å². The molecule has 1 saturated heterocycles. The zero-order valence-electron chi connectivity index (χ0n) is 11.0. The van der Waals surface area contributed by atoms with Gasteiger partial charge in [-0.1, -0.05) is 17.9 Å². The van der Waals surface area contributed by atoms with E-state index in [9.17, 15) is 4.39 Å². The third kappa shape index (κ3) is 3.97. The van der Waals surface area contributed by atoms with Gasteiger partial charge in [0.15, 0.2) is 0 Å². The van der Waals surface area contributed by atoms with Gasteiger partial charge in [-0.2, -0.15) is 11.8 Å². The van der Waals surface area contributed by atoms with Crippen LogP contribution in [-0.2, 0) is 6.54 Å². The second kappa shape index (κ2) is 6.95. The molecule has 19 heavy (non-hydrogen) atoms. The second-order valence-electron chi connectivity index (χ2n) is 4.66. The summed E-state index contributed by atoms with van der Waals surface area (Å²) in [5.74, 6) is 7.43. The molecular weight excluding hydrogens is 261 g/mol. The van der Waals surface area contributed by atoms with Crippen LogP contribution < -0.4 is 0 Å². The first kappa shape index (κ1) is 14.4. The summed E-state index contributed by atoms with van der Waals surface area (Å²) in [6.45, 7) is 3.86. The Labute approximate surface area is 118 Å². The molecule has 2 rings (SSSR count). The van der Waals surface area contributed by atoms with Gasteiger partial charge < -0.3 is 5.11 Å². The van der Waals surface area contributed by atoms with E-state index in [2.05, 4.69) is 23.7 Å². The highest BCUT2D eigenvalue weighted by Crippen LogP contribution is 2.20. The number of aliphatic hydroxyl groups is 1. The first-order valence-electron chi connectivity index (χ1n) is 6.40. The molecule has 1 unspecified atom stereocenters. The number of halogens is 1. The van der Waals surface area contributed by atoms with Crippen molar-refractivity contribution in [1.82, 2.24) is 4.90 Å². The van der Waals surface area contributed by atoms with Gasteiger partial charge in [0.05, 0.1) is 0 Å². The van der Waals surface area contributed by atoms with E-state index < -0.39 is 0 Å². The Kier molecular flexibility index (Phi) is 5.26. The Morgan fingerprint density at radius 1 is 1.53 bits per heavy atom. The smallest absolute Gasteiger partial charge is 0.124 e. The zero-order chi connectivity index (χ0) is 13.7. The lowest BCUT2D eigenvalue weighted by molar-refractivity contribution is 0.223. The summed E-state index contributed by atoms with van der Waals surface area (Å²) in [7, 11) is 0. The molecule has 0 aromatic heterocycles. The normalized spacial score (nSPS) is 19.8. The van der Waals surface area contributed by atoms with E-state index in [0.29, 0.717) is 11.6 Å². The zero-order valence-corrected chi connectivity index (χ0v) is 11.8. The number of rotatable bonds is 2. The van der Waals surface area contributed by atoms with E-state index in [0.717, 1.165) is 30.2 Å². The summed E-state index contributed by atoms with van der Waals surface area (Å²) in [6, 6.07) is 5.25. The van der Waals surface area contributed by atoms with Crippen molar-refractivity contribution in [3.8, 4) is 11.8 Å². The first-order valence-corrected chi connectivity index (χ1v) is 7.56. The van der Waals surface area contributed by atoms with Crippen molar-refractivity contribution >= 4 is 11.8 Å². The number of hydrogen-bond donors (Lipinski definition) is 1. The molecular formula is C15H18FNOS. The maximum Gasteiger partial charge on any atom is 0.124 e. The van der Waals surface area contributed by atoms with Crippen LogP contribution in [0.1, 0.15) is 18.1 Å². The predicted molar refractivity (Wildman–Crippen MR) is 77.6 cm³/mol. The molecule has 4 heteroatoms. The van der Waals surface area contributed by atoms with E-state index in [1.807, 2.05) is 11.8 Å². The quantitative estimate of drug-likeness (QED) is 0.839. The predicted octanol–water partition coefficient (Wildman–Crippen LogP) is 2.11. The minimum absolute atomic E-state index is 0.202. The molecule has 102 valence electrons. The standard InChI is InChI=1S/C15H18FNOS/c1-12-11-19-8-6-17(12)10-14-4-5-15(16)9-13(14)3-2-7-18/h4-5,9,12,18H,6-8,10-11H2,1H3. The summed E-state index contributed by atoms with van der Waals surface area (Å²) < 4.78 is 13.3. The molecule has 1 aromatic carbocycles. The minimum Gasteiger partial charge on any atom is -0.384 e. The Hall–Kier alpha value is -1.02. The van der Waals surface area contributed by atoms with Crippen LogP contribution >= 0.6 is 11.8 Å². The maximum atomic E-state index is 13.3. The van der Waals surface area contributed by atoms with E-state index in [4.69, 9.17) is 5.11 Å². The highest BCUT2D eigenvalue weighted by atomic mass is 32.2. The van der Waals surface area contributed by atoms with Gasteiger partial charge in [-0.15, -0.1) is 0 Å². The molecule has 0 spiro atoms. The molecule has 2 nitrogen and oxygen atoms in total. The SMILES string of the molecule is CC1CSCCN1Cc1ccc(F)cc1C#CCO. The van der Waals surface area contributed by atoms with E-state index in [1.165, 1.54) is 12.1 Å². The van der Waals surface area contributed by atoms with Gasteiger partial charge in [0.2, 0.25) is 0 Å². The molecule has 0 bridgehead atoms. The first-order chi connectivity index (χ1) is 9.20. The van der Waals surface area contributed by atoms with Crippen molar-refractivity contribution in [2.45, 2.75) is 19.5 Å². The Balaban J connectivity index is 2.18. The lowest BCUT2D eigenvalue weighted by Gasteiger charge is -2.33. The summed E-state index contributed by atoms with van der Waals surface area (Å²) in [5.41, 5.74) is 1.71. The van der Waals surface area contributed by atoms with E-state index in [1.54, 1.807) is 6.07 Å². The third-order valence-corrected chi connectivity index (χ3v) is 4.44. The van der Waals surface area contributed by atoms with Crippen molar-refractivity contribution in [2.75, 3.05) is 24.7 Å². The molecule has 0 amide bonds. The number of aliphatic hydroxyl groups excluding tert-OH is 1. The van der Waals surface area contributed by atoms with Gasteiger partial charge in [-0.3, -0.25) is 4.90 Å².